The van der Waals surface area contributed by atoms with Crippen molar-refractivity contribution in [3.05, 3.63) is 0 Å². The van der Waals surface area contributed by atoms with Crippen LogP contribution in [0.5, 0.6) is 0 Å². The molecule has 2 aliphatic rings. The van der Waals surface area contributed by atoms with Crippen molar-refractivity contribution in [1.82, 2.24) is 5.43 Å². The lowest BCUT2D eigenvalue weighted by Crippen LogP contribution is -2.20. The number of rotatable bonds is 3. The summed E-state index contributed by atoms with van der Waals surface area (Å²) in [5, 5.41) is 4.03. The smallest absolute Gasteiger partial charge is 0.243 e. The molecule has 2 aliphatic carbocycles. The molecule has 0 bridgehead atoms. The van der Waals surface area contributed by atoms with Crippen LogP contribution in [0, 0.1) is 11.8 Å². The van der Waals surface area contributed by atoms with Crippen LogP contribution in [0.1, 0.15) is 44.9 Å². The van der Waals surface area contributed by atoms with Gasteiger partial charge >= 0.3 is 0 Å². The summed E-state index contributed by atoms with van der Waals surface area (Å²) in [7, 11) is 0. The molecule has 0 spiro atoms. The van der Waals surface area contributed by atoms with Gasteiger partial charge in [0.25, 0.3) is 0 Å². The number of nitrogens with one attached hydrogen (secondary N) is 1. The van der Waals surface area contributed by atoms with Crippen molar-refractivity contribution in [2.45, 2.75) is 44.9 Å². The molecular formula is C11H18N2O. The molecule has 0 aliphatic heterocycles. The van der Waals surface area contributed by atoms with E-state index in [9.17, 15) is 4.79 Å². The van der Waals surface area contributed by atoms with Gasteiger partial charge in [-0.05, 0) is 31.6 Å². The third-order valence-corrected chi connectivity index (χ3v) is 3.06. The highest BCUT2D eigenvalue weighted by Gasteiger charge is 2.29. The van der Waals surface area contributed by atoms with Crippen molar-refractivity contribution < 1.29 is 4.79 Å². The van der Waals surface area contributed by atoms with E-state index in [1.54, 1.807) is 0 Å². The minimum Gasteiger partial charge on any atom is -0.273 e. The minimum absolute atomic E-state index is 0.108. The Hall–Kier alpha value is -0.860. The van der Waals surface area contributed by atoms with Gasteiger partial charge in [0, 0.05) is 12.1 Å². The topological polar surface area (TPSA) is 41.5 Å². The standard InChI is InChI=1S/C11H18N2O/c14-11(10-6-7-10)13-12-8-9-4-2-1-3-5-9/h8-10H,1-7H2,(H,13,14). The fourth-order valence-electron chi connectivity index (χ4n) is 1.93. The van der Waals surface area contributed by atoms with Crippen LogP contribution in [-0.4, -0.2) is 12.1 Å². The zero-order chi connectivity index (χ0) is 9.80. The van der Waals surface area contributed by atoms with Crippen LogP contribution in [0.3, 0.4) is 0 Å². The van der Waals surface area contributed by atoms with Gasteiger partial charge in [-0.15, -0.1) is 0 Å². The number of nitrogens with zero attached hydrogens (tertiary/aromatic N) is 1. The highest BCUT2D eigenvalue weighted by molar-refractivity contribution is 5.81. The molecule has 0 aromatic carbocycles. The third-order valence-electron chi connectivity index (χ3n) is 3.06. The second-order valence-electron chi connectivity index (χ2n) is 4.43. The van der Waals surface area contributed by atoms with Crippen molar-refractivity contribution in [3.8, 4) is 0 Å². The Morgan fingerprint density at radius 3 is 2.50 bits per heavy atom. The van der Waals surface area contributed by atoms with Gasteiger partial charge in [0.05, 0.1) is 0 Å². The van der Waals surface area contributed by atoms with Crippen LogP contribution < -0.4 is 5.43 Å². The fraction of sp³-hybridized carbons (Fsp3) is 0.818. The van der Waals surface area contributed by atoms with E-state index >= 15 is 0 Å². The largest absolute Gasteiger partial charge is 0.273 e. The number of hydrogen-bond donors (Lipinski definition) is 1. The number of carbonyl (C=O) groups excluding carboxylic acids is 1. The van der Waals surface area contributed by atoms with E-state index < -0.39 is 0 Å². The summed E-state index contributed by atoms with van der Waals surface area (Å²) in [4.78, 5) is 11.2. The molecule has 0 aromatic rings. The van der Waals surface area contributed by atoms with Crippen LogP contribution in [0.4, 0.5) is 0 Å². The van der Waals surface area contributed by atoms with E-state index in [0.29, 0.717) is 5.92 Å². The zero-order valence-electron chi connectivity index (χ0n) is 8.54. The lowest BCUT2D eigenvalue weighted by molar-refractivity contribution is -0.122. The predicted octanol–water partition coefficient (Wildman–Crippen LogP) is 2.08. The lowest BCUT2D eigenvalue weighted by atomic mass is 9.90. The van der Waals surface area contributed by atoms with Crippen LogP contribution in [0.25, 0.3) is 0 Å². The molecule has 2 fully saturated rings. The third kappa shape index (κ3) is 2.82. The molecule has 3 nitrogen and oxygen atoms in total. The molecule has 2 saturated carbocycles. The zero-order valence-corrected chi connectivity index (χ0v) is 8.54. The highest BCUT2D eigenvalue weighted by Crippen LogP contribution is 2.28. The molecule has 0 heterocycles. The molecule has 0 saturated heterocycles. The molecule has 0 atom stereocenters. The van der Waals surface area contributed by atoms with Crippen LogP contribution in [0.15, 0.2) is 5.10 Å². The Bertz CT molecular complexity index is 227. The molecule has 1 N–H and O–H groups in total. The molecule has 0 unspecified atom stereocenters. The maximum absolute atomic E-state index is 11.2. The highest BCUT2D eigenvalue weighted by atomic mass is 16.2. The first kappa shape index (κ1) is 9.69. The van der Waals surface area contributed by atoms with Crippen molar-refractivity contribution in [1.29, 1.82) is 0 Å². The molecule has 14 heavy (non-hydrogen) atoms. The number of hydrazone groups is 1. The van der Waals surface area contributed by atoms with E-state index in [-0.39, 0.29) is 11.8 Å². The van der Waals surface area contributed by atoms with E-state index in [1.165, 1.54) is 32.1 Å². The second-order valence-corrected chi connectivity index (χ2v) is 4.43. The maximum atomic E-state index is 11.2. The molecule has 78 valence electrons. The van der Waals surface area contributed by atoms with Gasteiger partial charge in [-0.25, -0.2) is 5.43 Å². The average molecular weight is 194 g/mol. The van der Waals surface area contributed by atoms with Crippen molar-refractivity contribution in [3.63, 3.8) is 0 Å². The van der Waals surface area contributed by atoms with Gasteiger partial charge in [-0.3, -0.25) is 4.79 Å². The molecule has 0 aromatic heterocycles. The van der Waals surface area contributed by atoms with Crippen molar-refractivity contribution in [2.75, 3.05) is 0 Å². The monoisotopic (exact) mass is 194 g/mol. The summed E-state index contributed by atoms with van der Waals surface area (Å²) < 4.78 is 0. The summed E-state index contributed by atoms with van der Waals surface area (Å²) in [6.45, 7) is 0. The van der Waals surface area contributed by atoms with Crippen LogP contribution in [0.2, 0.25) is 0 Å². The Kier molecular flexibility index (Phi) is 3.17. The Morgan fingerprint density at radius 2 is 1.86 bits per heavy atom. The van der Waals surface area contributed by atoms with E-state index in [1.807, 2.05) is 6.21 Å². The predicted molar refractivity (Wildman–Crippen MR) is 55.9 cm³/mol. The van der Waals surface area contributed by atoms with Crippen LogP contribution in [-0.2, 0) is 4.79 Å². The number of amides is 1. The Labute approximate surface area is 85.0 Å². The van der Waals surface area contributed by atoms with Gasteiger partial charge in [0.2, 0.25) is 5.91 Å². The summed E-state index contributed by atoms with van der Waals surface area (Å²) in [6, 6.07) is 0. The Morgan fingerprint density at radius 1 is 1.14 bits per heavy atom. The van der Waals surface area contributed by atoms with Gasteiger partial charge < -0.3 is 0 Å². The number of carbonyl (C=O) groups is 1. The van der Waals surface area contributed by atoms with Gasteiger partial charge in [0.15, 0.2) is 0 Å². The van der Waals surface area contributed by atoms with Crippen molar-refractivity contribution >= 4 is 12.1 Å². The first-order valence-corrected chi connectivity index (χ1v) is 5.69. The summed E-state index contributed by atoms with van der Waals surface area (Å²) in [6.07, 6.45) is 10.5. The molecule has 1 amide bonds. The lowest BCUT2D eigenvalue weighted by Gasteiger charge is -2.16. The van der Waals surface area contributed by atoms with E-state index in [0.717, 1.165) is 12.8 Å². The first-order valence-electron chi connectivity index (χ1n) is 5.69. The van der Waals surface area contributed by atoms with Crippen molar-refractivity contribution in [2.24, 2.45) is 16.9 Å². The van der Waals surface area contributed by atoms with Crippen LogP contribution >= 0.6 is 0 Å². The first-order chi connectivity index (χ1) is 6.86. The normalized spacial score (nSPS) is 24.0. The molecule has 3 heteroatoms. The van der Waals surface area contributed by atoms with Gasteiger partial charge in [-0.2, -0.15) is 5.10 Å². The average Bonchev–Trinajstić information content (AvgIpc) is 3.02. The maximum Gasteiger partial charge on any atom is 0.243 e. The fourth-order valence-corrected chi connectivity index (χ4v) is 1.93. The summed E-state index contributed by atoms with van der Waals surface area (Å²) in [5.41, 5.74) is 2.62. The number of hydrogen-bond acceptors (Lipinski definition) is 2. The minimum atomic E-state index is 0.108. The summed E-state index contributed by atoms with van der Waals surface area (Å²) in [5.74, 6) is 0.971. The quantitative estimate of drug-likeness (QED) is 0.542. The van der Waals surface area contributed by atoms with E-state index in [2.05, 4.69) is 10.5 Å². The molecular weight excluding hydrogens is 176 g/mol. The molecule has 2 rings (SSSR count). The van der Waals surface area contributed by atoms with E-state index in [4.69, 9.17) is 0 Å². The van der Waals surface area contributed by atoms with Gasteiger partial charge in [-0.1, -0.05) is 19.3 Å². The Balaban J connectivity index is 1.67. The van der Waals surface area contributed by atoms with Gasteiger partial charge in [0.1, 0.15) is 0 Å². The second kappa shape index (κ2) is 4.58. The SMILES string of the molecule is O=C(NN=CC1CCCCC1)C1CC1. The summed E-state index contributed by atoms with van der Waals surface area (Å²) >= 11 is 0. The molecule has 0 radical (unpaired) electrons.